The predicted octanol–water partition coefficient (Wildman–Crippen LogP) is 2.45. The van der Waals surface area contributed by atoms with Gasteiger partial charge in [0.25, 0.3) is 12.3 Å². The second-order valence-electron chi connectivity index (χ2n) is 3.15. The molecule has 0 aromatic rings. The third-order valence-electron chi connectivity index (χ3n) is 2.01. The summed E-state index contributed by atoms with van der Waals surface area (Å²) in [5.74, 6) is -2.46. The Morgan fingerprint density at radius 3 is 1.83 bits per heavy atom. The molecule has 12 heteroatoms. The molecule has 1 amide bonds. The van der Waals surface area contributed by atoms with Gasteiger partial charge >= 0.3 is 18.1 Å². The minimum Gasteiger partial charge on any atom is -0.319 e. The van der Waals surface area contributed by atoms with Crippen LogP contribution in [0.25, 0.3) is 0 Å². The number of rotatable bonds is 1. The molecule has 1 heterocycles. The van der Waals surface area contributed by atoms with Gasteiger partial charge in [0, 0.05) is 11.8 Å². The van der Waals surface area contributed by atoms with Gasteiger partial charge in [0.1, 0.15) is 0 Å². The Labute approximate surface area is 98.3 Å². The molecule has 3 nitrogen and oxygen atoms in total. The smallest absolute Gasteiger partial charge is 0.319 e. The standard InChI is InChI=1S/C6H2ClF8NO2/c7-16-2(17)1(5(10,11)12)18-4(16,3(8)9)6(13,14)15/h1,3H. The lowest BCUT2D eigenvalue weighted by Crippen LogP contribution is -2.59. The Balaban J connectivity index is 3.29. The monoisotopic (exact) mass is 307 g/mol. The lowest BCUT2D eigenvalue weighted by atomic mass is 10.2. The fourth-order valence-corrected chi connectivity index (χ4v) is 1.49. The maximum Gasteiger partial charge on any atom is 0.444 e. The molecule has 1 rings (SSSR count). The fraction of sp³-hybridized carbons (Fsp3) is 0.833. The number of amides is 1. The van der Waals surface area contributed by atoms with Crippen molar-refractivity contribution in [2.45, 2.75) is 30.6 Å². The molecule has 106 valence electrons. The molecule has 2 unspecified atom stereocenters. The van der Waals surface area contributed by atoms with Crippen LogP contribution in [0.1, 0.15) is 0 Å². The average Bonchev–Trinajstić information content (AvgIpc) is 2.39. The van der Waals surface area contributed by atoms with Gasteiger partial charge in [0.2, 0.25) is 6.10 Å². The van der Waals surface area contributed by atoms with E-state index >= 15 is 0 Å². The topological polar surface area (TPSA) is 29.5 Å². The third kappa shape index (κ3) is 1.98. The summed E-state index contributed by atoms with van der Waals surface area (Å²) in [6, 6.07) is 0. The summed E-state index contributed by atoms with van der Waals surface area (Å²) in [4.78, 5) is 10.8. The van der Waals surface area contributed by atoms with Gasteiger partial charge in [-0.2, -0.15) is 26.3 Å². The first-order chi connectivity index (χ1) is 7.85. The van der Waals surface area contributed by atoms with Crippen LogP contribution in [-0.4, -0.2) is 40.9 Å². The summed E-state index contributed by atoms with van der Waals surface area (Å²) in [6.45, 7) is 0. The molecule has 1 fully saturated rings. The number of carbonyl (C=O) groups excluding carboxylic acids is 1. The highest BCUT2D eigenvalue weighted by atomic mass is 35.5. The highest BCUT2D eigenvalue weighted by molar-refractivity contribution is 6.23. The zero-order valence-corrected chi connectivity index (χ0v) is 8.58. The molecule has 1 aliphatic heterocycles. The minimum absolute atomic E-state index is 1.30. The van der Waals surface area contributed by atoms with Crippen LogP contribution in [0.15, 0.2) is 0 Å². The molecular formula is C6H2ClF8NO2. The Kier molecular flexibility index (Phi) is 3.45. The number of halogens is 9. The van der Waals surface area contributed by atoms with Crippen molar-refractivity contribution in [1.29, 1.82) is 0 Å². The Hall–Kier alpha value is -0.840. The zero-order chi connectivity index (χ0) is 14.5. The summed E-state index contributed by atoms with van der Waals surface area (Å²) in [7, 11) is 0. The molecule has 0 bridgehead atoms. The van der Waals surface area contributed by atoms with Crippen molar-refractivity contribution < 1.29 is 44.7 Å². The molecule has 0 aromatic heterocycles. The molecule has 0 radical (unpaired) electrons. The van der Waals surface area contributed by atoms with E-state index in [9.17, 15) is 39.9 Å². The molecule has 0 aromatic carbocycles. The number of nitrogens with zero attached hydrogens (tertiary/aromatic N) is 1. The van der Waals surface area contributed by atoms with Gasteiger partial charge in [-0.25, -0.2) is 13.2 Å². The Bertz CT molecular complexity index is 354. The van der Waals surface area contributed by atoms with Crippen molar-refractivity contribution in [3.8, 4) is 0 Å². The van der Waals surface area contributed by atoms with E-state index in [2.05, 4.69) is 16.5 Å². The highest BCUT2D eigenvalue weighted by Crippen LogP contribution is 2.49. The van der Waals surface area contributed by atoms with Crippen LogP contribution in [0.3, 0.4) is 0 Å². The number of hydrogen-bond acceptors (Lipinski definition) is 2. The summed E-state index contributed by atoms with van der Waals surface area (Å²) in [5.41, 5.74) is -4.81. The first-order valence-corrected chi connectivity index (χ1v) is 4.28. The lowest BCUT2D eigenvalue weighted by molar-refractivity contribution is -0.351. The maximum absolute atomic E-state index is 12.4. The molecule has 18 heavy (non-hydrogen) atoms. The van der Waals surface area contributed by atoms with Gasteiger partial charge in [-0.05, 0) is 0 Å². The van der Waals surface area contributed by atoms with E-state index < -0.39 is 40.9 Å². The number of alkyl halides is 8. The van der Waals surface area contributed by atoms with Gasteiger partial charge in [-0.15, -0.1) is 0 Å². The quantitative estimate of drug-likeness (QED) is 0.550. The molecule has 0 aliphatic carbocycles. The van der Waals surface area contributed by atoms with Gasteiger partial charge in [0.05, 0.1) is 0 Å². The second-order valence-corrected chi connectivity index (χ2v) is 3.49. The Morgan fingerprint density at radius 1 is 1.22 bits per heavy atom. The second kappa shape index (κ2) is 4.08. The van der Waals surface area contributed by atoms with E-state index in [1.807, 2.05) is 0 Å². The van der Waals surface area contributed by atoms with Crippen molar-refractivity contribution >= 4 is 17.7 Å². The van der Waals surface area contributed by atoms with Crippen molar-refractivity contribution in [2.24, 2.45) is 0 Å². The van der Waals surface area contributed by atoms with E-state index in [1.54, 1.807) is 0 Å². The van der Waals surface area contributed by atoms with Crippen molar-refractivity contribution in [1.82, 2.24) is 4.42 Å². The largest absolute Gasteiger partial charge is 0.444 e. The van der Waals surface area contributed by atoms with Gasteiger partial charge in [0.15, 0.2) is 0 Å². The van der Waals surface area contributed by atoms with Gasteiger partial charge in [-0.1, -0.05) is 0 Å². The SMILES string of the molecule is O=C1C(C(F)(F)F)OC(C(F)F)(C(F)(F)F)N1Cl. The molecule has 2 atom stereocenters. The summed E-state index contributed by atoms with van der Waals surface area (Å²) in [5, 5.41) is 0. The van der Waals surface area contributed by atoms with E-state index in [1.165, 1.54) is 0 Å². The fourth-order valence-electron chi connectivity index (χ4n) is 1.19. The van der Waals surface area contributed by atoms with E-state index in [0.29, 0.717) is 0 Å². The van der Waals surface area contributed by atoms with E-state index in [0.717, 1.165) is 0 Å². The summed E-state index contributed by atoms with van der Waals surface area (Å²) < 4.78 is 100. The lowest BCUT2D eigenvalue weighted by Gasteiger charge is -2.32. The third-order valence-corrected chi connectivity index (χ3v) is 2.42. The van der Waals surface area contributed by atoms with Crippen molar-refractivity contribution in [2.75, 3.05) is 0 Å². The van der Waals surface area contributed by atoms with E-state index in [-0.39, 0.29) is 0 Å². The minimum atomic E-state index is -6.00. The Morgan fingerprint density at radius 2 is 1.67 bits per heavy atom. The molecule has 1 saturated heterocycles. The highest BCUT2D eigenvalue weighted by Gasteiger charge is 2.76. The van der Waals surface area contributed by atoms with Crippen molar-refractivity contribution in [3.05, 3.63) is 0 Å². The van der Waals surface area contributed by atoms with Crippen LogP contribution in [0.2, 0.25) is 0 Å². The maximum atomic E-state index is 12.4. The van der Waals surface area contributed by atoms with Gasteiger partial charge in [-0.3, -0.25) is 4.79 Å². The normalized spacial score (nSPS) is 30.4. The molecule has 0 spiro atoms. The van der Waals surface area contributed by atoms with Crippen LogP contribution in [0.5, 0.6) is 0 Å². The predicted molar refractivity (Wildman–Crippen MR) is 38.4 cm³/mol. The van der Waals surface area contributed by atoms with Crippen LogP contribution >= 0.6 is 11.8 Å². The number of hydrogen-bond donors (Lipinski definition) is 0. The number of carbonyl (C=O) groups is 1. The molecular weight excluding hydrogens is 306 g/mol. The first kappa shape index (κ1) is 15.2. The van der Waals surface area contributed by atoms with Crippen LogP contribution < -0.4 is 0 Å². The summed E-state index contributed by atoms with van der Waals surface area (Å²) in [6.07, 6.45) is -19.8. The van der Waals surface area contributed by atoms with Gasteiger partial charge < -0.3 is 4.74 Å². The van der Waals surface area contributed by atoms with E-state index in [4.69, 9.17) is 0 Å². The van der Waals surface area contributed by atoms with Crippen LogP contribution in [0, 0.1) is 0 Å². The summed E-state index contributed by atoms with van der Waals surface area (Å²) >= 11 is 4.62. The van der Waals surface area contributed by atoms with Crippen LogP contribution in [-0.2, 0) is 9.53 Å². The van der Waals surface area contributed by atoms with Crippen LogP contribution in [0.4, 0.5) is 35.1 Å². The zero-order valence-electron chi connectivity index (χ0n) is 7.82. The molecule has 1 aliphatic rings. The molecule has 0 saturated carbocycles. The first-order valence-electron chi connectivity index (χ1n) is 3.95. The molecule has 0 N–H and O–H groups in total. The number of ether oxygens (including phenoxy) is 1. The van der Waals surface area contributed by atoms with Crippen molar-refractivity contribution in [3.63, 3.8) is 0 Å². The average molecular weight is 308 g/mol.